The first-order valence-electron chi connectivity index (χ1n) is 12.1. The van der Waals surface area contributed by atoms with E-state index in [2.05, 4.69) is 62.8 Å². The number of rotatable bonds is 7. The molecule has 4 rings (SSSR count). The molecule has 0 amide bonds. The fraction of sp³-hybridized carbons (Fsp3) is 0.577. The van der Waals surface area contributed by atoms with Gasteiger partial charge in [0.05, 0.1) is 25.1 Å². The van der Waals surface area contributed by atoms with Gasteiger partial charge in [-0.3, -0.25) is 9.80 Å². The van der Waals surface area contributed by atoms with Gasteiger partial charge >= 0.3 is 0 Å². The predicted molar refractivity (Wildman–Crippen MR) is 130 cm³/mol. The zero-order valence-corrected chi connectivity index (χ0v) is 20.2. The van der Waals surface area contributed by atoms with E-state index in [-0.39, 0.29) is 0 Å². The van der Waals surface area contributed by atoms with Gasteiger partial charge < -0.3 is 9.64 Å². The lowest BCUT2D eigenvalue weighted by Gasteiger charge is -2.45. The zero-order valence-electron chi connectivity index (χ0n) is 20.2. The molecule has 33 heavy (non-hydrogen) atoms. The van der Waals surface area contributed by atoms with E-state index in [1.54, 1.807) is 19.5 Å². The summed E-state index contributed by atoms with van der Waals surface area (Å²) in [5, 5.41) is 8.97. The van der Waals surface area contributed by atoms with E-state index in [1.165, 1.54) is 24.8 Å². The highest BCUT2D eigenvalue weighted by atomic mass is 16.5. The molecule has 176 valence electrons. The third-order valence-corrected chi connectivity index (χ3v) is 7.24. The van der Waals surface area contributed by atoms with Gasteiger partial charge in [-0.05, 0) is 64.7 Å². The van der Waals surface area contributed by atoms with Crippen molar-refractivity contribution in [3.63, 3.8) is 0 Å². The largest absolute Gasteiger partial charge is 0.496 e. The molecule has 2 aliphatic heterocycles. The number of benzene rings is 1. The van der Waals surface area contributed by atoms with Crippen LogP contribution in [-0.2, 0) is 6.54 Å². The van der Waals surface area contributed by atoms with Crippen LogP contribution in [0.5, 0.6) is 5.75 Å². The zero-order chi connectivity index (χ0) is 23.2. The molecule has 7 heteroatoms. The van der Waals surface area contributed by atoms with Crippen LogP contribution in [0.2, 0.25) is 0 Å². The number of piperidine rings is 1. The number of hydrogen-bond donors (Lipinski definition) is 0. The fourth-order valence-corrected chi connectivity index (χ4v) is 5.34. The Morgan fingerprint density at radius 1 is 1.06 bits per heavy atom. The number of anilines is 1. The van der Waals surface area contributed by atoms with Gasteiger partial charge in [0, 0.05) is 37.3 Å². The number of hydrogen-bond acceptors (Lipinski definition) is 7. The normalized spacial score (nSPS) is 22.8. The lowest BCUT2D eigenvalue weighted by molar-refractivity contribution is 0.106. The van der Waals surface area contributed by atoms with Crippen LogP contribution in [0.3, 0.4) is 0 Å². The minimum atomic E-state index is 0.457. The Morgan fingerprint density at radius 3 is 2.36 bits per heavy atom. The quantitative estimate of drug-likeness (QED) is 0.641. The number of methoxy groups -OCH3 is 1. The van der Waals surface area contributed by atoms with E-state index >= 15 is 0 Å². The van der Waals surface area contributed by atoms with Crippen LogP contribution < -0.4 is 9.64 Å². The fourth-order valence-electron chi connectivity index (χ4n) is 5.34. The topological polar surface area (TPSA) is 68.5 Å². The van der Waals surface area contributed by atoms with Crippen LogP contribution >= 0.6 is 0 Å². The monoisotopic (exact) mass is 448 g/mol. The average Bonchev–Trinajstić information content (AvgIpc) is 2.85. The third kappa shape index (κ3) is 5.82. The summed E-state index contributed by atoms with van der Waals surface area (Å²) in [6.45, 7) is 10.9. The SMILES string of the molecule is COc1ccccc1CN1CCC(CCN2[C@H](C)CN(c3ncc(C#N)cn3)C[C@@H]2C)CC1. The number of nitrogens with zero attached hydrogens (tertiary/aromatic N) is 6. The van der Waals surface area contributed by atoms with Gasteiger partial charge in [-0.25, -0.2) is 9.97 Å². The Labute approximate surface area is 198 Å². The van der Waals surface area contributed by atoms with Crippen LogP contribution in [0.15, 0.2) is 36.7 Å². The van der Waals surface area contributed by atoms with E-state index in [4.69, 9.17) is 10.00 Å². The predicted octanol–water partition coefficient (Wildman–Crippen LogP) is 3.56. The second-order valence-corrected chi connectivity index (χ2v) is 9.54. The summed E-state index contributed by atoms with van der Waals surface area (Å²) in [6.07, 6.45) is 7.05. The van der Waals surface area contributed by atoms with Gasteiger partial charge in [0.25, 0.3) is 0 Å². The van der Waals surface area contributed by atoms with Crippen molar-refractivity contribution in [2.45, 2.75) is 51.7 Å². The second-order valence-electron chi connectivity index (χ2n) is 9.54. The summed E-state index contributed by atoms with van der Waals surface area (Å²) < 4.78 is 5.52. The van der Waals surface area contributed by atoms with E-state index in [0.29, 0.717) is 17.6 Å². The number of ether oxygens (including phenoxy) is 1. The van der Waals surface area contributed by atoms with Crippen molar-refractivity contribution in [3.8, 4) is 11.8 Å². The van der Waals surface area contributed by atoms with Crippen molar-refractivity contribution in [2.75, 3.05) is 44.7 Å². The van der Waals surface area contributed by atoms with Gasteiger partial charge in [0.1, 0.15) is 11.8 Å². The molecule has 2 atom stereocenters. The van der Waals surface area contributed by atoms with Crippen LogP contribution in [-0.4, -0.2) is 71.7 Å². The van der Waals surface area contributed by atoms with E-state index in [0.717, 1.165) is 56.9 Å². The molecule has 0 spiro atoms. The summed E-state index contributed by atoms with van der Waals surface area (Å²) in [4.78, 5) is 16.3. The summed E-state index contributed by atoms with van der Waals surface area (Å²) in [6, 6.07) is 11.4. The van der Waals surface area contributed by atoms with Crippen molar-refractivity contribution in [1.82, 2.24) is 19.8 Å². The van der Waals surface area contributed by atoms with Gasteiger partial charge in [0.2, 0.25) is 5.95 Å². The highest BCUT2D eigenvalue weighted by molar-refractivity contribution is 5.35. The van der Waals surface area contributed by atoms with E-state index in [1.807, 2.05) is 6.07 Å². The van der Waals surface area contributed by atoms with Crippen LogP contribution in [0.1, 0.15) is 44.2 Å². The molecule has 2 aromatic rings. The average molecular weight is 449 g/mol. The van der Waals surface area contributed by atoms with E-state index in [9.17, 15) is 0 Å². The van der Waals surface area contributed by atoms with Crippen LogP contribution in [0, 0.1) is 17.2 Å². The first kappa shape index (κ1) is 23.5. The smallest absolute Gasteiger partial charge is 0.225 e. The van der Waals surface area contributed by atoms with E-state index < -0.39 is 0 Å². The van der Waals surface area contributed by atoms with Gasteiger partial charge in [-0.1, -0.05) is 18.2 Å². The summed E-state index contributed by atoms with van der Waals surface area (Å²) in [7, 11) is 1.75. The Bertz CT molecular complexity index is 923. The van der Waals surface area contributed by atoms with Crippen molar-refractivity contribution < 1.29 is 4.74 Å². The molecule has 0 aliphatic carbocycles. The molecule has 0 saturated carbocycles. The first-order valence-corrected chi connectivity index (χ1v) is 12.1. The summed E-state index contributed by atoms with van der Waals surface area (Å²) >= 11 is 0. The molecular weight excluding hydrogens is 412 g/mol. The molecule has 1 aromatic heterocycles. The summed E-state index contributed by atoms with van der Waals surface area (Å²) in [5.41, 5.74) is 1.79. The van der Waals surface area contributed by atoms with Gasteiger partial charge in [-0.2, -0.15) is 5.26 Å². The number of nitriles is 1. The molecule has 2 saturated heterocycles. The Balaban J connectivity index is 1.23. The maximum absolute atomic E-state index is 8.97. The molecule has 2 aliphatic rings. The molecule has 3 heterocycles. The van der Waals surface area contributed by atoms with Crippen LogP contribution in [0.4, 0.5) is 5.95 Å². The van der Waals surface area contributed by atoms with Gasteiger partial charge in [-0.15, -0.1) is 0 Å². The Hall–Kier alpha value is -2.69. The Kier molecular flexibility index (Phi) is 7.79. The van der Waals surface area contributed by atoms with Crippen molar-refractivity contribution in [2.24, 2.45) is 5.92 Å². The molecule has 7 nitrogen and oxygen atoms in total. The lowest BCUT2D eigenvalue weighted by atomic mass is 9.92. The number of aromatic nitrogens is 2. The maximum atomic E-state index is 8.97. The molecule has 1 aromatic carbocycles. The third-order valence-electron chi connectivity index (χ3n) is 7.24. The Morgan fingerprint density at radius 2 is 1.73 bits per heavy atom. The summed E-state index contributed by atoms with van der Waals surface area (Å²) in [5.74, 6) is 2.53. The van der Waals surface area contributed by atoms with Crippen molar-refractivity contribution >= 4 is 5.95 Å². The lowest BCUT2D eigenvalue weighted by Crippen LogP contribution is -2.57. The first-order chi connectivity index (χ1) is 16.1. The maximum Gasteiger partial charge on any atom is 0.225 e. The molecule has 0 radical (unpaired) electrons. The molecular formula is C26H36N6O. The minimum absolute atomic E-state index is 0.457. The minimum Gasteiger partial charge on any atom is -0.496 e. The molecule has 0 bridgehead atoms. The standard InChI is InChI=1S/C26H36N6O/c1-20-17-31(26-28-15-23(14-27)16-29-26)18-21(2)32(20)13-10-22-8-11-30(12-9-22)19-24-6-4-5-7-25(24)33-3/h4-7,15-16,20-22H,8-13,17-19H2,1-3H3/t20-,21+. The van der Waals surface area contributed by atoms with Crippen LogP contribution in [0.25, 0.3) is 0 Å². The molecule has 0 N–H and O–H groups in total. The molecule has 2 fully saturated rings. The number of piperazine rings is 1. The van der Waals surface area contributed by atoms with Gasteiger partial charge in [0.15, 0.2) is 0 Å². The van der Waals surface area contributed by atoms with Crippen molar-refractivity contribution in [3.05, 3.63) is 47.8 Å². The highest BCUT2D eigenvalue weighted by Gasteiger charge is 2.31. The number of likely N-dealkylation sites (tertiary alicyclic amines) is 1. The highest BCUT2D eigenvalue weighted by Crippen LogP contribution is 2.27. The molecule has 0 unspecified atom stereocenters. The number of para-hydroxylation sites is 1. The van der Waals surface area contributed by atoms with Crippen molar-refractivity contribution in [1.29, 1.82) is 5.26 Å². The second kappa shape index (κ2) is 11.0.